The molecule has 0 fully saturated rings. The first-order chi connectivity index (χ1) is 17.5. The lowest BCUT2D eigenvalue weighted by Crippen LogP contribution is -2.45. The molecule has 0 radical (unpaired) electrons. The number of benzene rings is 2. The minimum absolute atomic E-state index is 0.0655. The van der Waals surface area contributed by atoms with Crippen LogP contribution in [-0.4, -0.2) is 71.1 Å². The number of amides is 1. The van der Waals surface area contributed by atoms with Crippen LogP contribution in [0.3, 0.4) is 0 Å². The van der Waals surface area contributed by atoms with Crippen LogP contribution in [0, 0.1) is 11.8 Å². The van der Waals surface area contributed by atoms with Crippen molar-refractivity contribution in [1.82, 2.24) is 5.32 Å². The third-order valence-corrected chi connectivity index (χ3v) is 6.84. The van der Waals surface area contributed by atoms with Crippen molar-refractivity contribution in [3.63, 3.8) is 0 Å². The number of ether oxygens (including phenoxy) is 6. The average molecular weight is 504 g/mol. The highest BCUT2D eigenvalue weighted by Gasteiger charge is 2.47. The van der Waals surface area contributed by atoms with Crippen LogP contribution >= 0.6 is 0 Å². The fourth-order valence-corrected chi connectivity index (χ4v) is 5.14. The van der Waals surface area contributed by atoms with E-state index in [1.54, 1.807) is 31.4 Å². The third kappa shape index (κ3) is 4.63. The van der Waals surface area contributed by atoms with Crippen LogP contribution in [0.25, 0.3) is 0 Å². The van der Waals surface area contributed by atoms with Crippen molar-refractivity contribution in [3.8, 4) is 28.7 Å². The van der Waals surface area contributed by atoms with Crippen molar-refractivity contribution in [2.45, 2.75) is 18.4 Å². The molecule has 10 nitrogen and oxygen atoms in total. The van der Waals surface area contributed by atoms with E-state index in [9.17, 15) is 15.0 Å². The molecule has 1 aliphatic carbocycles. The van der Waals surface area contributed by atoms with Gasteiger partial charge < -0.3 is 44.0 Å². The van der Waals surface area contributed by atoms with E-state index in [1.165, 1.54) is 21.3 Å². The number of nitrogens with one attached hydrogen (secondary N) is 1. The largest absolute Gasteiger partial charge is 0.493 e. The highest BCUT2D eigenvalue weighted by atomic mass is 16.7. The minimum Gasteiger partial charge on any atom is -0.493 e. The van der Waals surface area contributed by atoms with Gasteiger partial charge in [-0.05, 0) is 47.4 Å². The molecule has 0 saturated heterocycles. The van der Waals surface area contributed by atoms with Gasteiger partial charge in [0.25, 0.3) is 0 Å². The molecule has 1 aliphatic heterocycles. The van der Waals surface area contributed by atoms with E-state index in [0.29, 0.717) is 65.0 Å². The Morgan fingerprint density at radius 1 is 1.00 bits per heavy atom. The maximum Gasteiger partial charge on any atom is 0.231 e. The zero-order valence-corrected chi connectivity index (χ0v) is 20.9. The van der Waals surface area contributed by atoms with E-state index >= 15 is 0 Å². The molecule has 2 aromatic rings. The topological polar surface area (TPSA) is 125 Å². The minimum atomic E-state index is -1.09. The van der Waals surface area contributed by atoms with Gasteiger partial charge in [-0.1, -0.05) is 0 Å². The molecule has 4 unspecified atom stereocenters. The van der Waals surface area contributed by atoms with Crippen LogP contribution in [0.15, 0.2) is 24.3 Å². The van der Waals surface area contributed by atoms with Crippen LogP contribution in [0.5, 0.6) is 28.7 Å². The number of rotatable bonds is 10. The molecule has 2 aliphatic rings. The molecule has 4 rings (SSSR count). The zero-order chi connectivity index (χ0) is 25.8. The zero-order valence-electron chi connectivity index (χ0n) is 20.9. The van der Waals surface area contributed by atoms with Gasteiger partial charge in [-0.2, -0.15) is 0 Å². The summed E-state index contributed by atoms with van der Waals surface area (Å²) >= 11 is 0. The monoisotopic (exact) mass is 503 g/mol. The number of carbonyl (C=O) groups is 1. The Kier molecular flexibility index (Phi) is 8.07. The fourth-order valence-electron chi connectivity index (χ4n) is 5.14. The van der Waals surface area contributed by atoms with Gasteiger partial charge in [0.2, 0.25) is 18.4 Å². The van der Waals surface area contributed by atoms with Crippen LogP contribution in [0.4, 0.5) is 0 Å². The molecule has 10 heteroatoms. The lowest BCUT2D eigenvalue weighted by molar-refractivity contribution is -0.131. The lowest BCUT2D eigenvalue weighted by atomic mass is 9.64. The Morgan fingerprint density at radius 3 is 2.19 bits per heavy atom. The van der Waals surface area contributed by atoms with Gasteiger partial charge in [0.15, 0.2) is 23.0 Å². The van der Waals surface area contributed by atoms with E-state index in [4.69, 9.17) is 28.4 Å². The number of hydrogen-bond donors (Lipinski definition) is 3. The number of aliphatic hydroxyl groups is 2. The Bertz CT molecular complexity index is 1060. The molecule has 2 aromatic carbocycles. The summed E-state index contributed by atoms with van der Waals surface area (Å²) in [5, 5.41) is 24.6. The highest BCUT2D eigenvalue weighted by Crippen LogP contribution is 2.53. The number of fused-ring (bicyclic) bond motifs is 2. The standard InChI is InChI=1S/C26H33NO9/c1-31-7-5-6-27-26(30)23-17(12-28)24(29)16-11-19-18(35-13-36-19)10-15(16)22(23)14-8-20(32-2)25(34-4)21(9-14)33-3/h8-11,17,22-24,28-29H,5-7,12-13H2,1-4H3,(H,27,30). The molecule has 1 heterocycles. The van der Waals surface area contributed by atoms with Gasteiger partial charge in [-0.15, -0.1) is 0 Å². The fraction of sp³-hybridized carbons (Fsp3) is 0.500. The van der Waals surface area contributed by atoms with E-state index in [0.717, 1.165) is 0 Å². The highest BCUT2D eigenvalue weighted by molar-refractivity contribution is 5.82. The Hall–Kier alpha value is -3.21. The lowest BCUT2D eigenvalue weighted by Gasteiger charge is -2.41. The van der Waals surface area contributed by atoms with Gasteiger partial charge in [0, 0.05) is 38.7 Å². The summed E-state index contributed by atoms with van der Waals surface area (Å²) in [6.45, 7) is 0.565. The first-order valence-electron chi connectivity index (χ1n) is 11.8. The quantitative estimate of drug-likeness (QED) is 0.418. The molecular formula is C26H33NO9. The van der Waals surface area contributed by atoms with Crippen molar-refractivity contribution in [3.05, 3.63) is 41.0 Å². The average Bonchev–Trinajstić information content (AvgIpc) is 3.36. The predicted octanol–water partition coefficient (Wildman–Crippen LogP) is 2.00. The van der Waals surface area contributed by atoms with Crippen molar-refractivity contribution in [2.75, 3.05) is 55.0 Å². The molecule has 3 N–H and O–H groups in total. The normalized spacial score (nSPS) is 22.1. The van der Waals surface area contributed by atoms with Crippen molar-refractivity contribution in [1.29, 1.82) is 0 Å². The molecule has 0 saturated carbocycles. The first kappa shape index (κ1) is 25.9. The summed E-state index contributed by atoms with van der Waals surface area (Å²) in [7, 11) is 6.16. The second kappa shape index (κ2) is 11.2. The molecular weight excluding hydrogens is 470 g/mol. The maximum absolute atomic E-state index is 13.6. The summed E-state index contributed by atoms with van der Waals surface area (Å²) in [5.74, 6) is -0.106. The van der Waals surface area contributed by atoms with Gasteiger partial charge in [-0.3, -0.25) is 4.79 Å². The van der Waals surface area contributed by atoms with Gasteiger partial charge in [-0.25, -0.2) is 0 Å². The molecule has 0 aromatic heterocycles. The molecule has 0 spiro atoms. The predicted molar refractivity (Wildman–Crippen MR) is 129 cm³/mol. The SMILES string of the molecule is COCCCNC(=O)C1C(c2cc(OC)c(OC)c(OC)c2)c2cc3c(cc2C(O)C1CO)OCO3. The second-order valence-corrected chi connectivity index (χ2v) is 8.73. The van der Waals surface area contributed by atoms with Gasteiger partial charge in [0.1, 0.15) is 0 Å². The molecule has 36 heavy (non-hydrogen) atoms. The smallest absolute Gasteiger partial charge is 0.231 e. The van der Waals surface area contributed by atoms with Crippen LogP contribution in [-0.2, 0) is 9.53 Å². The number of carbonyl (C=O) groups excluding carboxylic acids is 1. The Balaban J connectivity index is 1.89. The number of methoxy groups -OCH3 is 4. The summed E-state index contributed by atoms with van der Waals surface area (Å²) in [5.41, 5.74) is 1.97. The summed E-state index contributed by atoms with van der Waals surface area (Å²) in [4.78, 5) is 13.6. The maximum atomic E-state index is 13.6. The van der Waals surface area contributed by atoms with E-state index < -0.39 is 30.5 Å². The number of hydrogen-bond acceptors (Lipinski definition) is 9. The summed E-state index contributed by atoms with van der Waals surface area (Å²) in [6, 6.07) is 7.10. The van der Waals surface area contributed by atoms with E-state index in [-0.39, 0.29) is 12.7 Å². The molecule has 0 bridgehead atoms. The molecule has 4 atom stereocenters. The number of aliphatic hydroxyl groups excluding tert-OH is 2. The van der Waals surface area contributed by atoms with Crippen LogP contribution in [0.1, 0.15) is 35.1 Å². The van der Waals surface area contributed by atoms with E-state index in [1.807, 2.05) is 0 Å². The summed E-state index contributed by atoms with van der Waals surface area (Å²) in [6.07, 6.45) is -0.460. The van der Waals surface area contributed by atoms with Crippen molar-refractivity contribution < 1.29 is 43.4 Å². The molecule has 196 valence electrons. The summed E-state index contributed by atoms with van der Waals surface area (Å²) < 4.78 is 32.9. The van der Waals surface area contributed by atoms with Crippen LogP contribution < -0.4 is 29.0 Å². The third-order valence-electron chi connectivity index (χ3n) is 6.84. The Morgan fingerprint density at radius 2 is 1.64 bits per heavy atom. The van der Waals surface area contributed by atoms with Crippen molar-refractivity contribution in [2.24, 2.45) is 11.8 Å². The Labute approximate surface area is 210 Å². The first-order valence-corrected chi connectivity index (χ1v) is 11.8. The van der Waals surface area contributed by atoms with Crippen LogP contribution in [0.2, 0.25) is 0 Å². The second-order valence-electron chi connectivity index (χ2n) is 8.73. The van der Waals surface area contributed by atoms with Gasteiger partial charge in [0.05, 0.1) is 33.4 Å². The van der Waals surface area contributed by atoms with Crippen molar-refractivity contribution >= 4 is 5.91 Å². The van der Waals surface area contributed by atoms with Gasteiger partial charge >= 0.3 is 0 Å². The molecule has 1 amide bonds. The van der Waals surface area contributed by atoms with E-state index in [2.05, 4.69) is 5.32 Å².